The van der Waals surface area contributed by atoms with E-state index in [1.807, 2.05) is 58.9 Å². The highest BCUT2D eigenvalue weighted by molar-refractivity contribution is 7.99. The molecule has 0 atom stereocenters. The van der Waals surface area contributed by atoms with E-state index < -0.39 is 0 Å². The van der Waals surface area contributed by atoms with E-state index in [-0.39, 0.29) is 18.4 Å². The van der Waals surface area contributed by atoms with E-state index in [0.717, 1.165) is 20.1 Å². The molecule has 0 saturated carbocycles. The van der Waals surface area contributed by atoms with Gasteiger partial charge in [0.1, 0.15) is 5.03 Å². The fourth-order valence-corrected chi connectivity index (χ4v) is 5.81. The van der Waals surface area contributed by atoms with E-state index in [0.29, 0.717) is 43.6 Å². The van der Waals surface area contributed by atoms with Crippen molar-refractivity contribution in [1.82, 2.24) is 34.1 Å². The lowest BCUT2D eigenvalue weighted by atomic mass is 10.3. The normalized spacial score (nSPS) is 14.8. The number of hydrogen-bond donors (Lipinski definition) is 1. The van der Waals surface area contributed by atoms with Crippen LogP contribution in [0.5, 0.6) is 0 Å². The molecule has 35 heavy (non-hydrogen) atoms. The topological polar surface area (TPSA) is 99.0 Å². The van der Waals surface area contributed by atoms with Crippen molar-refractivity contribution in [2.75, 3.05) is 58.7 Å². The molecule has 4 aromatic rings. The van der Waals surface area contributed by atoms with Gasteiger partial charge in [-0.25, -0.2) is 15.0 Å². The van der Waals surface area contributed by atoms with Crippen LogP contribution in [0.3, 0.4) is 0 Å². The highest BCUT2D eigenvalue weighted by atomic mass is 32.2. The van der Waals surface area contributed by atoms with Crippen molar-refractivity contribution in [3.8, 4) is 0 Å². The van der Waals surface area contributed by atoms with Gasteiger partial charge in [0.2, 0.25) is 17.6 Å². The van der Waals surface area contributed by atoms with E-state index >= 15 is 0 Å². The highest BCUT2D eigenvalue weighted by Gasteiger charge is 2.23. The molecule has 0 bridgehead atoms. The Kier molecular flexibility index (Phi) is 6.95. The average molecular weight is 511 g/mol. The number of rotatable bonds is 7. The molecule has 1 fully saturated rings. The molecule has 1 aromatic carbocycles. The van der Waals surface area contributed by atoms with Crippen molar-refractivity contribution >= 4 is 56.0 Å². The molecule has 1 aliphatic heterocycles. The third-order valence-corrected chi connectivity index (χ3v) is 7.56. The van der Waals surface area contributed by atoms with Gasteiger partial charge in [0.25, 0.3) is 0 Å². The maximum Gasteiger partial charge on any atom is 0.240 e. The summed E-state index contributed by atoms with van der Waals surface area (Å²) in [5.74, 6) is 0.703. The number of carbonyl (C=O) groups is 2. The zero-order valence-corrected chi connectivity index (χ0v) is 21.2. The number of imidazole rings is 1. The largest absolute Gasteiger partial charge is 0.339 e. The van der Waals surface area contributed by atoms with Gasteiger partial charge < -0.3 is 15.1 Å². The van der Waals surface area contributed by atoms with Crippen molar-refractivity contribution in [3.05, 3.63) is 42.9 Å². The molecule has 5 rings (SSSR count). The van der Waals surface area contributed by atoms with Crippen LogP contribution in [-0.2, 0) is 9.59 Å². The number of benzene rings is 1. The Morgan fingerprint density at radius 1 is 1.17 bits per heavy atom. The van der Waals surface area contributed by atoms with Gasteiger partial charge in [0.15, 0.2) is 5.13 Å². The molecule has 2 amide bonds. The number of aromatic nitrogens is 4. The third-order valence-electron chi connectivity index (χ3n) is 5.63. The fraction of sp³-hybridized carbons (Fsp3) is 0.348. The summed E-state index contributed by atoms with van der Waals surface area (Å²) in [6.45, 7) is 3.36. The van der Waals surface area contributed by atoms with Crippen LogP contribution in [0.25, 0.3) is 16.0 Å². The smallest absolute Gasteiger partial charge is 0.240 e. The molecule has 1 saturated heterocycles. The molecule has 182 valence electrons. The Morgan fingerprint density at radius 3 is 2.80 bits per heavy atom. The number of thiazole rings is 1. The van der Waals surface area contributed by atoms with E-state index in [9.17, 15) is 9.59 Å². The standard InChI is InChI=1S/C23H26N8O2S2/c1-28(2)15-20(33)30-10-8-29(9-11-30)14-19(32)27-23-26-17-5-4-16(12-18(17)35-23)34-21-13-25-22-24-6-3-7-31(21)22/h3-7,12-13H,8-11,14-15H2,1-2H3,(H,26,27,32). The van der Waals surface area contributed by atoms with Crippen molar-refractivity contribution in [3.63, 3.8) is 0 Å². The minimum Gasteiger partial charge on any atom is -0.339 e. The van der Waals surface area contributed by atoms with Crippen LogP contribution in [0.4, 0.5) is 5.13 Å². The number of likely N-dealkylation sites (N-methyl/N-ethyl adjacent to an activating group) is 1. The summed E-state index contributed by atoms with van der Waals surface area (Å²) in [5.41, 5.74) is 0.850. The first-order valence-electron chi connectivity index (χ1n) is 11.3. The Morgan fingerprint density at radius 2 is 2.00 bits per heavy atom. The predicted molar refractivity (Wildman–Crippen MR) is 137 cm³/mol. The molecule has 1 N–H and O–H groups in total. The summed E-state index contributed by atoms with van der Waals surface area (Å²) >= 11 is 3.07. The molecule has 0 radical (unpaired) electrons. The summed E-state index contributed by atoms with van der Waals surface area (Å²) in [4.78, 5) is 44.9. The number of carbonyl (C=O) groups excluding carboxylic acids is 2. The SMILES string of the molecule is CN(C)CC(=O)N1CCN(CC(=O)Nc2nc3ccc(Sc4cnc5ncccn45)cc3s2)CC1. The van der Waals surface area contributed by atoms with E-state index in [1.165, 1.54) is 11.3 Å². The molecule has 0 aliphatic carbocycles. The van der Waals surface area contributed by atoms with Gasteiger partial charge >= 0.3 is 0 Å². The van der Waals surface area contributed by atoms with Crippen LogP contribution in [0.2, 0.25) is 0 Å². The van der Waals surface area contributed by atoms with Gasteiger partial charge in [0, 0.05) is 43.5 Å². The number of fused-ring (bicyclic) bond motifs is 2. The molecule has 0 unspecified atom stereocenters. The summed E-state index contributed by atoms with van der Waals surface area (Å²) in [6.07, 6.45) is 5.48. The van der Waals surface area contributed by atoms with Crippen molar-refractivity contribution in [2.24, 2.45) is 0 Å². The summed E-state index contributed by atoms with van der Waals surface area (Å²) in [5, 5.41) is 4.51. The van der Waals surface area contributed by atoms with Crippen LogP contribution >= 0.6 is 23.1 Å². The van der Waals surface area contributed by atoms with Crippen LogP contribution < -0.4 is 5.32 Å². The Balaban J connectivity index is 1.17. The summed E-state index contributed by atoms with van der Waals surface area (Å²) in [7, 11) is 3.78. The first-order chi connectivity index (χ1) is 16.9. The predicted octanol–water partition coefficient (Wildman–Crippen LogP) is 2.13. The Hall–Kier alpha value is -3.06. The number of nitrogens with zero attached hydrogens (tertiary/aromatic N) is 7. The molecular weight excluding hydrogens is 484 g/mol. The Bertz CT molecular complexity index is 1360. The molecule has 1 aliphatic rings. The van der Waals surface area contributed by atoms with Crippen LogP contribution in [0.1, 0.15) is 0 Å². The number of anilines is 1. The summed E-state index contributed by atoms with van der Waals surface area (Å²) < 4.78 is 2.95. The second-order valence-electron chi connectivity index (χ2n) is 8.58. The second kappa shape index (κ2) is 10.3. The lowest BCUT2D eigenvalue weighted by molar-refractivity contribution is -0.133. The zero-order chi connectivity index (χ0) is 24.4. The Labute approximate surface area is 211 Å². The van der Waals surface area contributed by atoms with Crippen LogP contribution in [-0.4, -0.2) is 99.2 Å². The summed E-state index contributed by atoms with van der Waals surface area (Å²) in [6, 6.07) is 7.94. The van der Waals surface area contributed by atoms with Crippen LogP contribution in [0.15, 0.2) is 52.8 Å². The molecule has 0 spiro atoms. The zero-order valence-electron chi connectivity index (χ0n) is 19.5. The fourth-order valence-electron chi connectivity index (χ4n) is 3.91. The maximum absolute atomic E-state index is 12.6. The molecule has 10 nitrogen and oxygen atoms in total. The molecule has 12 heteroatoms. The van der Waals surface area contributed by atoms with Gasteiger partial charge in [-0.15, -0.1) is 0 Å². The first-order valence-corrected chi connectivity index (χ1v) is 12.9. The number of piperazine rings is 1. The van der Waals surface area contributed by atoms with E-state index in [4.69, 9.17) is 0 Å². The van der Waals surface area contributed by atoms with Gasteiger partial charge in [-0.3, -0.25) is 18.9 Å². The number of hydrogen-bond acceptors (Lipinski definition) is 9. The molecule has 3 aromatic heterocycles. The van der Waals surface area contributed by atoms with Gasteiger partial charge in [-0.05, 0) is 38.4 Å². The molecular formula is C23H26N8O2S2. The quantitative estimate of drug-likeness (QED) is 0.404. The van der Waals surface area contributed by atoms with Crippen LogP contribution in [0, 0.1) is 0 Å². The minimum atomic E-state index is -0.0926. The van der Waals surface area contributed by atoms with Crippen molar-refractivity contribution in [1.29, 1.82) is 0 Å². The number of nitrogens with one attached hydrogen (secondary N) is 1. The van der Waals surface area contributed by atoms with Crippen molar-refractivity contribution < 1.29 is 9.59 Å². The molecule has 4 heterocycles. The van der Waals surface area contributed by atoms with E-state index in [2.05, 4.69) is 31.2 Å². The number of amides is 2. The van der Waals surface area contributed by atoms with Crippen molar-refractivity contribution in [2.45, 2.75) is 9.92 Å². The first kappa shape index (κ1) is 23.7. The van der Waals surface area contributed by atoms with Gasteiger partial charge in [0.05, 0.1) is 29.5 Å². The third kappa shape index (κ3) is 5.61. The monoisotopic (exact) mass is 510 g/mol. The average Bonchev–Trinajstić information content (AvgIpc) is 3.42. The highest BCUT2D eigenvalue weighted by Crippen LogP contribution is 2.33. The second-order valence-corrected chi connectivity index (χ2v) is 10.7. The maximum atomic E-state index is 12.6. The van der Waals surface area contributed by atoms with E-state index in [1.54, 1.807) is 18.0 Å². The van der Waals surface area contributed by atoms with Gasteiger partial charge in [-0.1, -0.05) is 23.1 Å². The minimum absolute atomic E-state index is 0.0926. The lowest BCUT2D eigenvalue weighted by Crippen LogP contribution is -2.52. The van der Waals surface area contributed by atoms with Gasteiger partial charge in [-0.2, -0.15) is 0 Å². The lowest BCUT2D eigenvalue weighted by Gasteiger charge is -2.34.